The van der Waals surface area contributed by atoms with Gasteiger partial charge in [0, 0.05) is 6.54 Å². The van der Waals surface area contributed by atoms with Crippen LogP contribution in [-0.4, -0.2) is 40.8 Å². The van der Waals surface area contributed by atoms with Crippen LogP contribution >= 0.6 is 0 Å². The molecule has 0 aliphatic heterocycles. The predicted molar refractivity (Wildman–Crippen MR) is 69.8 cm³/mol. The van der Waals surface area contributed by atoms with Gasteiger partial charge in [0.05, 0.1) is 25.6 Å². The summed E-state index contributed by atoms with van der Waals surface area (Å²) < 4.78 is 4.60. The Morgan fingerprint density at radius 2 is 2.16 bits per heavy atom. The first kappa shape index (κ1) is 13.7. The van der Waals surface area contributed by atoms with Crippen LogP contribution in [0.1, 0.15) is 36.2 Å². The summed E-state index contributed by atoms with van der Waals surface area (Å²) in [4.78, 5) is 19.4. The molecule has 2 N–H and O–H groups in total. The van der Waals surface area contributed by atoms with E-state index in [1.165, 1.54) is 13.3 Å². The molecular weight excluding hydrogens is 246 g/mol. The molecule has 0 aromatic carbocycles. The van der Waals surface area contributed by atoms with Crippen molar-refractivity contribution in [2.45, 2.75) is 31.8 Å². The first-order valence-corrected chi connectivity index (χ1v) is 6.51. The molecule has 1 saturated carbocycles. The summed E-state index contributed by atoms with van der Waals surface area (Å²) in [6.45, 7) is 0.784. The minimum Gasteiger partial charge on any atom is -0.464 e. The molecule has 1 aromatic rings. The van der Waals surface area contributed by atoms with Gasteiger partial charge in [-0.05, 0) is 31.6 Å². The molecule has 19 heavy (non-hydrogen) atoms. The molecule has 1 heterocycles. The van der Waals surface area contributed by atoms with Gasteiger partial charge in [-0.2, -0.15) is 0 Å². The Morgan fingerprint density at radius 3 is 2.84 bits per heavy atom. The maximum atomic E-state index is 11.3. The number of ether oxygens (including phenoxy) is 1. The van der Waals surface area contributed by atoms with Gasteiger partial charge in [0.1, 0.15) is 5.82 Å². The van der Waals surface area contributed by atoms with Crippen LogP contribution in [0.3, 0.4) is 0 Å². The summed E-state index contributed by atoms with van der Waals surface area (Å²) in [5.41, 5.74) is 0.201. The molecule has 0 saturated heterocycles. The molecule has 1 aromatic heterocycles. The smallest absolute Gasteiger partial charge is 0.358 e. The number of carbonyl (C=O) groups is 1. The second kappa shape index (κ2) is 6.47. The molecule has 0 bridgehead atoms. The van der Waals surface area contributed by atoms with E-state index in [2.05, 4.69) is 20.0 Å². The lowest BCUT2D eigenvalue weighted by Crippen LogP contribution is -2.24. The Kier molecular flexibility index (Phi) is 4.68. The van der Waals surface area contributed by atoms with Gasteiger partial charge >= 0.3 is 5.97 Å². The Bertz CT molecular complexity index is 431. The summed E-state index contributed by atoms with van der Waals surface area (Å²) in [7, 11) is 1.32. The number of anilines is 1. The highest BCUT2D eigenvalue weighted by Crippen LogP contribution is 2.24. The topological polar surface area (TPSA) is 84.3 Å². The second-order valence-electron chi connectivity index (χ2n) is 4.84. The van der Waals surface area contributed by atoms with Gasteiger partial charge < -0.3 is 15.2 Å². The third-order valence-electron chi connectivity index (χ3n) is 3.42. The molecule has 0 amide bonds. The normalized spacial score (nSPS) is 22.8. The van der Waals surface area contributed by atoms with Crippen molar-refractivity contribution in [1.82, 2.24) is 9.97 Å². The highest BCUT2D eigenvalue weighted by atomic mass is 16.5. The molecule has 0 atom stereocenters. The number of aliphatic hydroxyl groups is 1. The molecule has 1 aliphatic carbocycles. The van der Waals surface area contributed by atoms with Crippen molar-refractivity contribution in [1.29, 1.82) is 0 Å². The molecule has 1 aliphatic rings. The molecule has 6 heteroatoms. The number of hydrogen-bond donors (Lipinski definition) is 2. The summed E-state index contributed by atoms with van der Waals surface area (Å²) in [6, 6.07) is 0. The van der Waals surface area contributed by atoms with Gasteiger partial charge in [-0.1, -0.05) is 0 Å². The van der Waals surface area contributed by atoms with E-state index in [1.807, 2.05) is 0 Å². The molecule has 0 unspecified atom stereocenters. The molecule has 2 rings (SSSR count). The number of hydrogen-bond acceptors (Lipinski definition) is 6. The van der Waals surface area contributed by atoms with Gasteiger partial charge in [-0.3, -0.25) is 4.98 Å². The van der Waals surface area contributed by atoms with Crippen LogP contribution in [0.5, 0.6) is 0 Å². The van der Waals surface area contributed by atoms with Crippen LogP contribution in [0.25, 0.3) is 0 Å². The van der Waals surface area contributed by atoms with Crippen LogP contribution in [-0.2, 0) is 4.74 Å². The lowest BCUT2D eigenvalue weighted by atomic mass is 9.87. The number of nitrogens with one attached hydrogen (secondary N) is 1. The SMILES string of the molecule is COC(=O)c1cncc(NCC2CCC(O)CC2)n1. The van der Waals surface area contributed by atoms with E-state index in [-0.39, 0.29) is 11.8 Å². The van der Waals surface area contributed by atoms with Crippen molar-refractivity contribution >= 4 is 11.8 Å². The highest BCUT2D eigenvalue weighted by Gasteiger charge is 2.19. The van der Waals surface area contributed by atoms with Crippen molar-refractivity contribution in [3.8, 4) is 0 Å². The monoisotopic (exact) mass is 265 g/mol. The van der Waals surface area contributed by atoms with Crippen LogP contribution in [0.4, 0.5) is 5.82 Å². The Hall–Kier alpha value is -1.69. The molecule has 6 nitrogen and oxygen atoms in total. The molecule has 0 spiro atoms. The Labute approximate surface area is 112 Å². The number of nitrogens with zero attached hydrogens (tertiary/aromatic N) is 2. The van der Waals surface area contributed by atoms with Gasteiger partial charge in [-0.15, -0.1) is 0 Å². The second-order valence-corrected chi connectivity index (χ2v) is 4.84. The van der Waals surface area contributed by atoms with Crippen molar-refractivity contribution in [2.75, 3.05) is 19.0 Å². The fraction of sp³-hybridized carbons (Fsp3) is 0.615. The zero-order chi connectivity index (χ0) is 13.7. The van der Waals surface area contributed by atoms with Crippen molar-refractivity contribution in [3.63, 3.8) is 0 Å². The van der Waals surface area contributed by atoms with E-state index in [0.29, 0.717) is 11.7 Å². The number of aliphatic hydroxyl groups excluding tert-OH is 1. The van der Waals surface area contributed by atoms with Gasteiger partial charge in [0.2, 0.25) is 0 Å². The number of methoxy groups -OCH3 is 1. The lowest BCUT2D eigenvalue weighted by Gasteiger charge is -2.25. The van der Waals surface area contributed by atoms with Crippen molar-refractivity contribution in [3.05, 3.63) is 18.1 Å². The molecule has 0 radical (unpaired) electrons. The number of carbonyl (C=O) groups excluding carboxylic acids is 1. The highest BCUT2D eigenvalue weighted by molar-refractivity contribution is 5.87. The fourth-order valence-corrected chi connectivity index (χ4v) is 2.25. The maximum absolute atomic E-state index is 11.3. The van der Waals surface area contributed by atoms with E-state index >= 15 is 0 Å². The Balaban J connectivity index is 1.87. The first-order valence-electron chi connectivity index (χ1n) is 6.51. The quantitative estimate of drug-likeness (QED) is 0.796. The maximum Gasteiger partial charge on any atom is 0.358 e. The zero-order valence-electron chi connectivity index (χ0n) is 11.0. The van der Waals surface area contributed by atoms with Gasteiger partial charge in [-0.25, -0.2) is 9.78 Å². The summed E-state index contributed by atoms with van der Waals surface area (Å²) in [5.74, 6) is 0.623. The average Bonchev–Trinajstić information content (AvgIpc) is 2.46. The van der Waals surface area contributed by atoms with Crippen molar-refractivity contribution in [2.24, 2.45) is 5.92 Å². The standard InChI is InChI=1S/C13H19N3O3/c1-19-13(18)11-7-14-8-12(16-11)15-6-9-2-4-10(17)5-3-9/h7-10,17H,2-6H2,1H3,(H,15,16). The Morgan fingerprint density at radius 1 is 1.42 bits per heavy atom. The van der Waals surface area contributed by atoms with Crippen LogP contribution < -0.4 is 5.32 Å². The van der Waals surface area contributed by atoms with E-state index in [0.717, 1.165) is 32.2 Å². The molecule has 104 valence electrons. The van der Waals surface area contributed by atoms with E-state index in [9.17, 15) is 9.90 Å². The number of esters is 1. The number of rotatable bonds is 4. The minimum atomic E-state index is -0.489. The van der Waals surface area contributed by atoms with E-state index in [1.54, 1.807) is 6.20 Å². The molecular formula is C13H19N3O3. The zero-order valence-corrected chi connectivity index (χ0v) is 11.0. The lowest BCUT2D eigenvalue weighted by molar-refractivity contribution is 0.0593. The molecule has 1 fully saturated rings. The van der Waals surface area contributed by atoms with Gasteiger partial charge in [0.15, 0.2) is 5.69 Å². The summed E-state index contributed by atoms with van der Waals surface area (Å²) in [5, 5.41) is 12.6. The van der Waals surface area contributed by atoms with Crippen LogP contribution in [0.2, 0.25) is 0 Å². The first-order chi connectivity index (χ1) is 9.19. The average molecular weight is 265 g/mol. The number of aromatic nitrogens is 2. The van der Waals surface area contributed by atoms with E-state index < -0.39 is 5.97 Å². The minimum absolute atomic E-state index is 0.140. The third kappa shape index (κ3) is 3.89. The van der Waals surface area contributed by atoms with Crippen molar-refractivity contribution < 1.29 is 14.6 Å². The van der Waals surface area contributed by atoms with Gasteiger partial charge in [0.25, 0.3) is 0 Å². The predicted octanol–water partition coefficient (Wildman–Crippen LogP) is 1.23. The van der Waals surface area contributed by atoms with E-state index in [4.69, 9.17) is 0 Å². The third-order valence-corrected chi connectivity index (χ3v) is 3.42. The fourth-order valence-electron chi connectivity index (χ4n) is 2.25. The van der Waals surface area contributed by atoms with Crippen LogP contribution in [0, 0.1) is 5.92 Å². The van der Waals surface area contributed by atoms with Crippen LogP contribution in [0.15, 0.2) is 12.4 Å². The summed E-state index contributed by atoms with van der Waals surface area (Å²) >= 11 is 0. The summed E-state index contributed by atoms with van der Waals surface area (Å²) in [6.07, 6.45) is 6.58. The largest absolute Gasteiger partial charge is 0.464 e.